The van der Waals surface area contributed by atoms with Gasteiger partial charge in [0, 0.05) is 30.7 Å². The number of nitrogens with zero attached hydrogens (tertiary/aromatic N) is 2. The summed E-state index contributed by atoms with van der Waals surface area (Å²) >= 11 is 0. The minimum atomic E-state index is -0.745. The maximum atomic E-state index is 13.6. The van der Waals surface area contributed by atoms with Crippen molar-refractivity contribution in [1.29, 1.82) is 0 Å². The van der Waals surface area contributed by atoms with Crippen LogP contribution in [0.3, 0.4) is 0 Å². The second-order valence-electron chi connectivity index (χ2n) is 10.0. The van der Waals surface area contributed by atoms with Gasteiger partial charge in [-0.15, -0.1) is 0 Å². The van der Waals surface area contributed by atoms with E-state index in [1.165, 1.54) is 0 Å². The predicted molar refractivity (Wildman–Crippen MR) is 155 cm³/mol. The Balaban J connectivity index is 1.37. The van der Waals surface area contributed by atoms with Crippen molar-refractivity contribution in [3.8, 4) is 0 Å². The second-order valence-corrected chi connectivity index (χ2v) is 10.0. The number of likely N-dealkylation sites (N-methyl/N-ethyl adjacent to an activating group) is 1. The number of nitrogens with one attached hydrogen (secondary N) is 3. The molecule has 7 heteroatoms. The summed E-state index contributed by atoms with van der Waals surface area (Å²) < 4.78 is 0. The van der Waals surface area contributed by atoms with Crippen molar-refractivity contribution in [3.63, 3.8) is 0 Å². The Morgan fingerprint density at radius 2 is 1.62 bits per heavy atom. The zero-order chi connectivity index (χ0) is 27.2. The molecular weight excluding hydrogens is 486 g/mol. The first-order valence-corrected chi connectivity index (χ1v) is 13.1. The minimum absolute atomic E-state index is 0.181. The number of aromatic nitrogens is 2. The Kier molecular flexibility index (Phi) is 7.99. The Morgan fingerprint density at radius 1 is 0.846 bits per heavy atom. The van der Waals surface area contributed by atoms with Crippen LogP contribution >= 0.6 is 0 Å². The van der Waals surface area contributed by atoms with Gasteiger partial charge in [-0.2, -0.15) is 0 Å². The van der Waals surface area contributed by atoms with Crippen LogP contribution in [0.15, 0.2) is 97.3 Å². The van der Waals surface area contributed by atoms with Gasteiger partial charge in [0.25, 0.3) is 0 Å². The highest BCUT2D eigenvalue weighted by Gasteiger charge is 2.28. The van der Waals surface area contributed by atoms with E-state index in [0.29, 0.717) is 19.4 Å². The molecule has 0 aliphatic heterocycles. The van der Waals surface area contributed by atoms with E-state index in [1.54, 1.807) is 6.20 Å². The van der Waals surface area contributed by atoms with E-state index in [1.807, 2.05) is 91.9 Å². The Labute approximate surface area is 228 Å². The summed E-state index contributed by atoms with van der Waals surface area (Å²) in [4.78, 5) is 36.6. The van der Waals surface area contributed by atoms with Crippen LogP contribution in [-0.4, -0.2) is 52.9 Å². The average molecular weight is 520 g/mol. The van der Waals surface area contributed by atoms with Crippen molar-refractivity contribution in [2.24, 2.45) is 0 Å². The summed E-state index contributed by atoms with van der Waals surface area (Å²) in [6, 6.07) is 26.9. The number of carbonyl (C=O) groups is 2. The van der Waals surface area contributed by atoms with Crippen LogP contribution in [0.4, 0.5) is 0 Å². The molecular formula is C32H33N5O2. The lowest BCUT2D eigenvalue weighted by atomic mass is 9.97. The average Bonchev–Trinajstić information content (AvgIpc) is 3.43. The minimum Gasteiger partial charge on any atom is -0.350 e. The fourth-order valence-electron chi connectivity index (χ4n) is 4.91. The summed E-state index contributed by atoms with van der Waals surface area (Å²) in [5.74, 6) is -0.415. The number of carbonyl (C=O) groups excluding carboxylic acids is 2. The lowest BCUT2D eigenvalue weighted by molar-refractivity contribution is -0.131. The molecule has 39 heavy (non-hydrogen) atoms. The summed E-state index contributed by atoms with van der Waals surface area (Å²) in [5.41, 5.74) is 3.77. The molecule has 0 saturated carbocycles. The van der Waals surface area contributed by atoms with E-state index in [9.17, 15) is 9.59 Å². The molecule has 1 unspecified atom stereocenters. The number of fused-ring (bicyclic) bond motifs is 2. The Bertz CT molecular complexity index is 1570. The highest BCUT2D eigenvalue weighted by molar-refractivity contribution is 5.91. The number of aromatic amines is 1. The maximum absolute atomic E-state index is 13.6. The third kappa shape index (κ3) is 6.33. The van der Waals surface area contributed by atoms with Crippen molar-refractivity contribution in [1.82, 2.24) is 25.5 Å². The Morgan fingerprint density at radius 3 is 2.44 bits per heavy atom. The van der Waals surface area contributed by atoms with Gasteiger partial charge in [0.2, 0.25) is 11.8 Å². The SMILES string of the molecule is CN(C)C(Cc1ccccc1)C(=O)N[C@@H](Cc1cccc2ccccc12)C(=O)NCc1cnc2[nH]ccc2c1. The van der Waals surface area contributed by atoms with Crippen molar-refractivity contribution >= 4 is 33.6 Å². The summed E-state index contributed by atoms with van der Waals surface area (Å²) in [6.45, 7) is 0.315. The Hall–Kier alpha value is -4.49. The number of hydrogen-bond donors (Lipinski definition) is 3. The highest BCUT2D eigenvalue weighted by atomic mass is 16.2. The zero-order valence-electron chi connectivity index (χ0n) is 22.2. The maximum Gasteiger partial charge on any atom is 0.243 e. The summed E-state index contributed by atoms with van der Waals surface area (Å²) in [7, 11) is 3.77. The van der Waals surface area contributed by atoms with Crippen molar-refractivity contribution in [2.45, 2.75) is 31.5 Å². The van der Waals surface area contributed by atoms with Gasteiger partial charge >= 0.3 is 0 Å². The second kappa shape index (κ2) is 11.9. The molecule has 7 nitrogen and oxygen atoms in total. The quantitative estimate of drug-likeness (QED) is 0.258. The molecule has 2 aromatic heterocycles. The normalized spacial score (nSPS) is 12.9. The first kappa shape index (κ1) is 26.1. The number of pyridine rings is 1. The van der Waals surface area contributed by atoms with Gasteiger partial charge in [0.1, 0.15) is 11.7 Å². The molecule has 0 bridgehead atoms. The molecule has 0 aliphatic carbocycles. The summed E-state index contributed by atoms with van der Waals surface area (Å²) in [6.07, 6.45) is 4.51. The predicted octanol–water partition coefficient (Wildman–Crippen LogP) is 4.23. The largest absolute Gasteiger partial charge is 0.350 e. The number of benzene rings is 3. The molecule has 198 valence electrons. The van der Waals surface area contributed by atoms with E-state index in [-0.39, 0.29) is 11.8 Å². The number of rotatable bonds is 10. The number of amides is 2. The molecule has 3 N–H and O–H groups in total. The van der Waals surface area contributed by atoms with Gasteiger partial charge in [-0.25, -0.2) is 4.98 Å². The van der Waals surface area contributed by atoms with Crippen molar-refractivity contribution < 1.29 is 9.59 Å². The molecule has 0 aliphatic rings. The van der Waals surface area contributed by atoms with E-state index in [4.69, 9.17) is 0 Å². The zero-order valence-corrected chi connectivity index (χ0v) is 22.2. The standard InChI is InChI=1S/C32H33N5O2/c1-37(2)29(18-22-9-4-3-5-10-22)32(39)36-28(19-25-13-8-12-24-11-6-7-14-27(24)25)31(38)35-21-23-17-26-15-16-33-30(26)34-20-23/h3-17,20,28-29H,18-19,21H2,1-2H3,(H,33,34)(H,35,38)(H,36,39)/t28-,29?/m0/s1. The van der Waals surface area contributed by atoms with Gasteiger partial charge in [-0.1, -0.05) is 72.8 Å². The van der Waals surface area contributed by atoms with Crippen LogP contribution in [0, 0.1) is 0 Å². The molecule has 5 aromatic rings. The number of H-pyrrole nitrogens is 1. The van der Waals surface area contributed by atoms with Gasteiger partial charge in [0.15, 0.2) is 0 Å². The molecule has 0 spiro atoms. The van der Waals surface area contributed by atoms with Crippen LogP contribution in [0.5, 0.6) is 0 Å². The first-order valence-electron chi connectivity index (χ1n) is 13.1. The highest BCUT2D eigenvalue weighted by Crippen LogP contribution is 2.20. The molecule has 2 atom stereocenters. The fraction of sp³-hybridized carbons (Fsp3) is 0.219. The fourth-order valence-corrected chi connectivity index (χ4v) is 4.91. The molecule has 0 radical (unpaired) electrons. The van der Waals surface area contributed by atoms with E-state index in [2.05, 4.69) is 38.8 Å². The van der Waals surface area contributed by atoms with Crippen molar-refractivity contribution in [2.75, 3.05) is 14.1 Å². The lowest BCUT2D eigenvalue weighted by Crippen LogP contribution is -2.53. The molecule has 5 rings (SSSR count). The molecule has 0 fully saturated rings. The van der Waals surface area contributed by atoms with Gasteiger partial charge in [-0.05, 0) is 60.1 Å². The van der Waals surface area contributed by atoms with Crippen LogP contribution in [0.25, 0.3) is 21.8 Å². The first-order chi connectivity index (χ1) is 19.0. The van der Waals surface area contributed by atoms with Crippen LogP contribution in [0.1, 0.15) is 16.7 Å². The molecule has 0 saturated heterocycles. The van der Waals surface area contributed by atoms with Gasteiger partial charge in [0.05, 0.1) is 6.04 Å². The smallest absolute Gasteiger partial charge is 0.243 e. The van der Waals surface area contributed by atoms with Crippen LogP contribution < -0.4 is 10.6 Å². The number of hydrogen-bond acceptors (Lipinski definition) is 4. The van der Waals surface area contributed by atoms with Crippen molar-refractivity contribution in [3.05, 3.63) is 114 Å². The monoisotopic (exact) mass is 519 g/mol. The van der Waals surface area contributed by atoms with Gasteiger partial charge < -0.3 is 15.6 Å². The van der Waals surface area contributed by atoms with E-state index in [0.717, 1.165) is 38.5 Å². The van der Waals surface area contributed by atoms with Gasteiger partial charge in [-0.3, -0.25) is 14.5 Å². The third-order valence-electron chi connectivity index (χ3n) is 7.06. The lowest BCUT2D eigenvalue weighted by Gasteiger charge is -2.27. The third-order valence-corrected chi connectivity index (χ3v) is 7.06. The topological polar surface area (TPSA) is 90.1 Å². The van der Waals surface area contributed by atoms with Crippen LogP contribution in [0.2, 0.25) is 0 Å². The molecule has 3 aromatic carbocycles. The van der Waals surface area contributed by atoms with E-state index < -0.39 is 12.1 Å². The van der Waals surface area contributed by atoms with E-state index >= 15 is 0 Å². The molecule has 2 heterocycles. The van der Waals surface area contributed by atoms with Crippen LogP contribution in [-0.2, 0) is 29.0 Å². The summed E-state index contributed by atoms with van der Waals surface area (Å²) in [5, 5.41) is 9.26. The molecule has 2 amide bonds.